The fourth-order valence-corrected chi connectivity index (χ4v) is 0.962. The highest BCUT2D eigenvalue weighted by Crippen LogP contribution is 2.04. The Hall–Kier alpha value is -0.920. The van der Waals surface area contributed by atoms with E-state index in [1.165, 1.54) is 12.0 Å². The Morgan fingerprint density at radius 3 is 2.90 bits per heavy atom. The molecule has 2 heteroatoms. The molecule has 0 amide bonds. The zero-order valence-corrected chi connectivity index (χ0v) is 6.46. The van der Waals surface area contributed by atoms with E-state index in [1.54, 1.807) is 6.20 Å². The van der Waals surface area contributed by atoms with Crippen molar-refractivity contribution >= 4 is 0 Å². The fraction of sp³-hybridized carbons (Fsp3) is 0.500. The van der Waals surface area contributed by atoms with Crippen molar-refractivity contribution in [1.29, 1.82) is 0 Å². The van der Waals surface area contributed by atoms with Crippen LogP contribution in [0.1, 0.15) is 24.6 Å². The van der Waals surface area contributed by atoms with Gasteiger partial charge in [-0.25, -0.2) is 0 Å². The molecule has 54 valence electrons. The second-order valence-corrected chi connectivity index (χ2v) is 2.39. The normalized spacial score (nSPS) is 9.80. The summed E-state index contributed by atoms with van der Waals surface area (Å²) in [5.74, 6) is 0. The van der Waals surface area contributed by atoms with Crippen LogP contribution in [0.15, 0.2) is 12.3 Å². The first-order valence-electron chi connectivity index (χ1n) is 3.61. The maximum Gasteiger partial charge on any atom is 0.0632 e. The van der Waals surface area contributed by atoms with E-state index >= 15 is 0 Å². The first-order valence-corrected chi connectivity index (χ1v) is 3.61. The van der Waals surface area contributed by atoms with Crippen LogP contribution in [0.2, 0.25) is 0 Å². The summed E-state index contributed by atoms with van der Waals surface area (Å²) >= 11 is 0. The predicted octanol–water partition coefficient (Wildman–Crippen LogP) is 1.74. The van der Waals surface area contributed by atoms with Gasteiger partial charge in [0.15, 0.2) is 0 Å². The molecule has 10 heavy (non-hydrogen) atoms. The molecule has 0 fully saturated rings. The molecule has 0 saturated carbocycles. The van der Waals surface area contributed by atoms with Crippen molar-refractivity contribution in [2.45, 2.75) is 26.7 Å². The lowest BCUT2D eigenvalue weighted by molar-refractivity contribution is 0.867. The van der Waals surface area contributed by atoms with Gasteiger partial charge in [0.1, 0.15) is 0 Å². The SMILES string of the molecule is CCCc1ccnnc1C. The lowest BCUT2D eigenvalue weighted by Crippen LogP contribution is -1.92. The molecule has 0 aliphatic carbocycles. The van der Waals surface area contributed by atoms with E-state index in [2.05, 4.69) is 17.1 Å². The molecule has 0 N–H and O–H groups in total. The average Bonchev–Trinajstić information content (AvgIpc) is 1.94. The summed E-state index contributed by atoms with van der Waals surface area (Å²) in [6, 6.07) is 2.03. The largest absolute Gasteiger partial charge is 0.159 e. The molecule has 0 unspecified atom stereocenters. The van der Waals surface area contributed by atoms with Crippen LogP contribution in [0.3, 0.4) is 0 Å². The van der Waals surface area contributed by atoms with Crippen LogP contribution in [0.25, 0.3) is 0 Å². The molecule has 0 atom stereocenters. The summed E-state index contributed by atoms with van der Waals surface area (Å²) in [5.41, 5.74) is 2.38. The molecule has 1 aromatic heterocycles. The summed E-state index contributed by atoms with van der Waals surface area (Å²) in [7, 11) is 0. The number of hydrogen-bond donors (Lipinski definition) is 0. The lowest BCUT2D eigenvalue weighted by atomic mass is 10.1. The Morgan fingerprint density at radius 2 is 2.30 bits per heavy atom. The molecule has 1 heterocycles. The highest BCUT2D eigenvalue weighted by molar-refractivity contribution is 5.15. The molecule has 2 nitrogen and oxygen atoms in total. The third-order valence-corrected chi connectivity index (χ3v) is 1.53. The number of aryl methyl sites for hydroxylation is 2. The average molecular weight is 136 g/mol. The molecule has 0 radical (unpaired) electrons. The molecule has 0 aromatic carbocycles. The Balaban J connectivity index is 2.81. The maximum absolute atomic E-state index is 3.95. The van der Waals surface area contributed by atoms with E-state index in [0.29, 0.717) is 0 Å². The number of aromatic nitrogens is 2. The molecule has 1 rings (SSSR count). The van der Waals surface area contributed by atoms with Crippen LogP contribution < -0.4 is 0 Å². The van der Waals surface area contributed by atoms with Gasteiger partial charge in [0.2, 0.25) is 0 Å². The van der Waals surface area contributed by atoms with Crippen LogP contribution in [0.5, 0.6) is 0 Å². The molecular weight excluding hydrogens is 124 g/mol. The monoisotopic (exact) mass is 136 g/mol. The maximum atomic E-state index is 3.95. The highest BCUT2D eigenvalue weighted by Gasteiger charge is 1.94. The molecule has 0 saturated heterocycles. The molecule has 0 spiro atoms. The number of nitrogens with zero attached hydrogens (tertiary/aromatic N) is 2. The third-order valence-electron chi connectivity index (χ3n) is 1.53. The molecule has 0 bridgehead atoms. The van der Waals surface area contributed by atoms with Crippen LogP contribution >= 0.6 is 0 Å². The van der Waals surface area contributed by atoms with Gasteiger partial charge in [0, 0.05) is 6.20 Å². The highest BCUT2D eigenvalue weighted by atomic mass is 15.1. The predicted molar refractivity (Wildman–Crippen MR) is 40.8 cm³/mol. The van der Waals surface area contributed by atoms with Crippen molar-refractivity contribution < 1.29 is 0 Å². The van der Waals surface area contributed by atoms with Gasteiger partial charge in [-0.3, -0.25) is 0 Å². The summed E-state index contributed by atoms with van der Waals surface area (Å²) in [5, 5.41) is 7.72. The number of hydrogen-bond acceptors (Lipinski definition) is 2. The van der Waals surface area contributed by atoms with Gasteiger partial charge in [-0.2, -0.15) is 10.2 Å². The Bertz CT molecular complexity index is 208. The van der Waals surface area contributed by atoms with Crippen molar-refractivity contribution in [1.82, 2.24) is 10.2 Å². The van der Waals surface area contributed by atoms with Crippen LogP contribution in [-0.2, 0) is 6.42 Å². The van der Waals surface area contributed by atoms with Gasteiger partial charge in [0.05, 0.1) is 5.69 Å². The van der Waals surface area contributed by atoms with E-state index in [4.69, 9.17) is 0 Å². The Kier molecular flexibility index (Phi) is 2.37. The summed E-state index contributed by atoms with van der Waals surface area (Å²) < 4.78 is 0. The van der Waals surface area contributed by atoms with Gasteiger partial charge < -0.3 is 0 Å². The molecule has 0 aliphatic rings. The van der Waals surface area contributed by atoms with E-state index < -0.39 is 0 Å². The second-order valence-electron chi connectivity index (χ2n) is 2.39. The van der Waals surface area contributed by atoms with Gasteiger partial charge in [0.25, 0.3) is 0 Å². The third kappa shape index (κ3) is 1.53. The van der Waals surface area contributed by atoms with Crippen LogP contribution in [0.4, 0.5) is 0 Å². The van der Waals surface area contributed by atoms with E-state index in [-0.39, 0.29) is 0 Å². The first-order chi connectivity index (χ1) is 4.84. The van der Waals surface area contributed by atoms with Gasteiger partial charge in [-0.15, -0.1) is 0 Å². The minimum absolute atomic E-state index is 1.06. The van der Waals surface area contributed by atoms with Crippen molar-refractivity contribution in [3.8, 4) is 0 Å². The molecule has 1 aromatic rings. The Morgan fingerprint density at radius 1 is 1.50 bits per heavy atom. The van der Waals surface area contributed by atoms with Crippen molar-refractivity contribution in [2.24, 2.45) is 0 Å². The minimum Gasteiger partial charge on any atom is -0.159 e. The fourth-order valence-electron chi connectivity index (χ4n) is 0.962. The zero-order chi connectivity index (χ0) is 7.40. The standard InChI is InChI=1S/C8H12N2/c1-3-4-8-5-6-9-10-7(8)2/h5-6H,3-4H2,1-2H3. The molecular formula is C8H12N2. The number of rotatable bonds is 2. The van der Waals surface area contributed by atoms with Crippen molar-refractivity contribution in [3.63, 3.8) is 0 Å². The molecule has 0 aliphatic heterocycles. The van der Waals surface area contributed by atoms with E-state index in [0.717, 1.165) is 12.1 Å². The van der Waals surface area contributed by atoms with E-state index in [9.17, 15) is 0 Å². The van der Waals surface area contributed by atoms with E-state index in [1.807, 2.05) is 13.0 Å². The van der Waals surface area contributed by atoms with Gasteiger partial charge >= 0.3 is 0 Å². The van der Waals surface area contributed by atoms with Gasteiger partial charge in [-0.1, -0.05) is 13.3 Å². The smallest absolute Gasteiger partial charge is 0.0632 e. The summed E-state index contributed by atoms with van der Waals surface area (Å²) in [6.07, 6.45) is 4.03. The first kappa shape index (κ1) is 7.19. The van der Waals surface area contributed by atoms with Gasteiger partial charge in [-0.05, 0) is 25.0 Å². The quantitative estimate of drug-likeness (QED) is 0.618. The second kappa shape index (κ2) is 3.30. The lowest BCUT2D eigenvalue weighted by Gasteiger charge is -1.98. The van der Waals surface area contributed by atoms with Crippen LogP contribution in [-0.4, -0.2) is 10.2 Å². The summed E-state index contributed by atoms with van der Waals surface area (Å²) in [4.78, 5) is 0. The minimum atomic E-state index is 1.06. The topological polar surface area (TPSA) is 25.8 Å². The Labute approximate surface area is 61.3 Å². The van der Waals surface area contributed by atoms with Crippen molar-refractivity contribution in [3.05, 3.63) is 23.5 Å². The zero-order valence-electron chi connectivity index (χ0n) is 6.46. The van der Waals surface area contributed by atoms with Crippen molar-refractivity contribution in [2.75, 3.05) is 0 Å². The summed E-state index contributed by atoms with van der Waals surface area (Å²) in [6.45, 7) is 4.16. The van der Waals surface area contributed by atoms with Crippen LogP contribution in [0, 0.1) is 6.92 Å².